The largest absolute Gasteiger partial charge is 0.481 e. The highest BCUT2D eigenvalue weighted by atomic mass is 32.1. The fourth-order valence-corrected chi connectivity index (χ4v) is 2.28. The second-order valence-corrected chi connectivity index (χ2v) is 4.29. The first-order valence-electron chi connectivity index (χ1n) is 5.19. The van der Waals surface area contributed by atoms with Crippen LogP contribution in [0.2, 0.25) is 0 Å². The van der Waals surface area contributed by atoms with Gasteiger partial charge in [0.05, 0.1) is 18.6 Å². The molecule has 0 unspecified atom stereocenters. The fraction of sp³-hybridized carbons (Fsp3) is 0.333. The Bertz CT molecular complexity index is 445. The van der Waals surface area contributed by atoms with Gasteiger partial charge in [0.2, 0.25) is 0 Å². The molecular weight excluding hydrogens is 240 g/mol. The summed E-state index contributed by atoms with van der Waals surface area (Å²) in [7, 11) is 0. The molecule has 1 heterocycles. The van der Waals surface area contributed by atoms with E-state index in [0.29, 0.717) is 12.2 Å². The number of aryl methyl sites for hydroxylation is 1. The molecule has 1 N–H and O–H groups in total. The van der Waals surface area contributed by atoms with Gasteiger partial charge < -0.3 is 9.84 Å². The van der Waals surface area contributed by atoms with Crippen LogP contribution in [0.25, 0.3) is 6.08 Å². The van der Waals surface area contributed by atoms with Gasteiger partial charge in [-0.2, -0.15) is 0 Å². The van der Waals surface area contributed by atoms with E-state index in [-0.39, 0.29) is 12.4 Å². The number of carbonyl (C=O) groups is 2. The summed E-state index contributed by atoms with van der Waals surface area (Å²) in [4.78, 5) is 22.8. The Morgan fingerprint density at radius 3 is 2.82 bits per heavy atom. The fourth-order valence-electron chi connectivity index (χ4n) is 1.32. The van der Waals surface area contributed by atoms with Crippen molar-refractivity contribution in [3.8, 4) is 0 Å². The number of esters is 1. The van der Waals surface area contributed by atoms with Gasteiger partial charge in [0, 0.05) is 4.88 Å². The highest BCUT2D eigenvalue weighted by molar-refractivity contribution is 7.11. The summed E-state index contributed by atoms with van der Waals surface area (Å²) < 4.78 is 4.95. The molecule has 0 amide bonds. The summed E-state index contributed by atoms with van der Waals surface area (Å²) in [6, 6.07) is 0. The van der Waals surface area contributed by atoms with E-state index in [1.165, 1.54) is 17.4 Å². The summed E-state index contributed by atoms with van der Waals surface area (Å²) in [6.45, 7) is 3.91. The topological polar surface area (TPSA) is 63.6 Å². The minimum Gasteiger partial charge on any atom is -0.481 e. The lowest BCUT2D eigenvalue weighted by Gasteiger charge is -2.02. The van der Waals surface area contributed by atoms with E-state index in [4.69, 9.17) is 9.84 Å². The van der Waals surface area contributed by atoms with Crippen molar-refractivity contribution >= 4 is 29.4 Å². The van der Waals surface area contributed by atoms with Crippen molar-refractivity contribution in [1.82, 2.24) is 0 Å². The quantitative estimate of drug-likeness (QED) is 0.820. The minimum absolute atomic E-state index is 0.0563. The average molecular weight is 254 g/mol. The number of carboxylic acids is 1. The molecule has 0 radical (unpaired) electrons. The van der Waals surface area contributed by atoms with Gasteiger partial charge in [-0.05, 0) is 30.9 Å². The highest BCUT2D eigenvalue weighted by Gasteiger charge is 2.15. The molecule has 0 saturated carbocycles. The summed E-state index contributed by atoms with van der Waals surface area (Å²) in [5, 5.41) is 10.4. The summed E-state index contributed by atoms with van der Waals surface area (Å²) in [5.41, 5.74) is 1.38. The normalized spacial score (nSPS) is 10.7. The predicted octanol–water partition coefficient (Wildman–Crippen LogP) is 2.72. The van der Waals surface area contributed by atoms with E-state index in [1.54, 1.807) is 13.0 Å². The van der Waals surface area contributed by atoms with Gasteiger partial charge in [-0.1, -0.05) is 6.08 Å². The van der Waals surface area contributed by atoms with Gasteiger partial charge in [-0.3, -0.25) is 4.79 Å². The molecule has 0 atom stereocenters. The number of thiophene rings is 1. The molecule has 0 aliphatic rings. The lowest BCUT2D eigenvalue weighted by Crippen LogP contribution is -2.06. The van der Waals surface area contributed by atoms with Crippen LogP contribution in [0.15, 0.2) is 11.5 Å². The van der Waals surface area contributed by atoms with E-state index in [2.05, 4.69) is 0 Å². The number of hydrogen-bond donors (Lipinski definition) is 1. The highest BCUT2D eigenvalue weighted by Crippen LogP contribution is 2.24. The van der Waals surface area contributed by atoms with Gasteiger partial charge in [-0.25, -0.2) is 4.79 Å². The molecule has 92 valence electrons. The van der Waals surface area contributed by atoms with Gasteiger partial charge in [0.25, 0.3) is 0 Å². The maximum absolute atomic E-state index is 11.7. The molecule has 1 rings (SSSR count). The van der Waals surface area contributed by atoms with Crippen LogP contribution in [0.5, 0.6) is 0 Å². The maximum Gasteiger partial charge on any atom is 0.339 e. The molecule has 17 heavy (non-hydrogen) atoms. The third kappa shape index (κ3) is 3.71. The van der Waals surface area contributed by atoms with Crippen LogP contribution in [-0.4, -0.2) is 23.7 Å². The second kappa shape index (κ2) is 6.20. The number of carboxylic acid groups (broad SMARTS) is 1. The molecule has 1 aromatic rings. The zero-order valence-electron chi connectivity index (χ0n) is 9.73. The van der Waals surface area contributed by atoms with Crippen LogP contribution < -0.4 is 0 Å². The summed E-state index contributed by atoms with van der Waals surface area (Å²) in [5.74, 6) is -1.26. The molecule has 0 aliphatic carbocycles. The van der Waals surface area contributed by atoms with Gasteiger partial charge >= 0.3 is 11.9 Å². The van der Waals surface area contributed by atoms with Crippen molar-refractivity contribution in [2.45, 2.75) is 20.3 Å². The monoisotopic (exact) mass is 254 g/mol. The SMILES string of the molecule is CCOC(=O)c1c(C)csc1C=CCC(=O)O. The van der Waals surface area contributed by atoms with Crippen molar-refractivity contribution in [2.24, 2.45) is 0 Å². The van der Waals surface area contributed by atoms with E-state index in [1.807, 2.05) is 12.3 Å². The molecule has 0 spiro atoms. The Hall–Kier alpha value is -1.62. The number of aliphatic carboxylic acids is 1. The van der Waals surface area contributed by atoms with Crippen LogP contribution in [0.3, 0.4) is 0 Å². The first-order chi connectivity index (χ1) is 8.06. The molecule has 0 aromatic carbocycles. The van der Waals surface area contributed by atoms with Crippen molar-refractivity contribution in [3.63, 3.8) is 0 Å². The molecule has 5 heteroatoms. The number of rotatable bonds is 5. The Morgan fingerprint density at radius 2 is 2.24 bits per heavy atom. The number of ether oxygens (including phenoxy) is 1. The zero-order valence-corrected chi connectivity index (χ0v) is 10.5. The van der Waals surface area contributed by atoms with Gasteiger partial charge in [0.15, 0.2) is 0 Å². The Kier molecular flexibility index (Phi) is 4.90. The Labute approximate surface area is 104 Å². The molecular formula is C12H14O4S. The maximum atomic E-state index is 11.7. The first kappa shape index (κ1) is 13.4. The lowest BCUT2D eigenvalue weighted by atomic mass is 10.1. The Morgan fingerprint density at radius 1 is 1.53 bits per heavy atom. The first-order valence-corrected chi connectivity index (χ1v) is 6.07. The van der Waals surface area contributed by atoms with E-state index in [9.17, 15) is 9.59 Å². The molecule has 4 nitrogen and oxygen atoms in total. The molecule has 0 aliphatic heterocycles. The van der Waals surface area contributed by atoms with E-state index < -0.39 is 5.97 Å². The van der Waals surface area contributed by atoms with Crippen molar-refractivity contribution in [2.75, 3.05) is 6.61 Å². The van der Waals surface area contributed by atoms with Crippen LogP contribution in [0, 0.1) is 6.92 Å². The van der Waals surface area contributed by atoms with E-state index in [0.717, 1.165) is 10.4 Å². The third-order valence-electron chi connectivity index (χ3n) is 2.04. The molecule has 0 saturated heterocycles. The second-order valence-electron chi connectivity index (χ2n) is 3.38. The average Bonchev–Trinajstić information content (AvgIpc) is 2.60. The van der Waals surface area contributed by atoms with Crippen molar-refractivity contribution in [1.29, 1.82) is 0 Å². The van der Waals surface area contributed by atoms with Crippen LogP contribution in [0.1, 0.15) is 34.1 Å². The van der Waals surface area contributed by atoms with Crippen molar-refractivity contribution in [3.05, 3.63) is 27.5 Å². The zero-order chi connectivity index (χ0) is 12.8. The summed E-state index contributed by atoms with van der Waals surface area (Å²) in [6.07, 6.45) is 3.12. The third-order valence-corrected chi connectivity index (χ3v) is 3.11. The standard InChI is InChI=1S/C12H14O4S/c1-3-16-12(15)11-8(2)7-17-9(11)5-4-6-10(13)14/h4-5,7H,3,6H2,1-2H3,(H,13,14). The van der Waals surface area contributed by atoms with Gasteiger partial charge in [0.1, 0.15) is 0 Å². The predicted molar refractivity (Wildman–Crippen MR) is 66.3 cm³/mol. The van der Waals surface area contributed by atoms with Crippen LogP contribution in [-0.2, 0) is 9.53 Å². The van der Waals surface area contributed by atoms with Crippen molar-refractivity contribution < 1.29 is 19.4 Å². The molecule has 0 bridgehead atoms. The number of carbonyl (C=O) groups excluding carboxylic acids is 1. The lowest BCUT2D eigenvalue weighted by molar-refractivity contribution is -0.135. The summed E-state index contributed by atoms with van der Waals surface area (Å²) >= 11 is 1.40. The molecule has 0 fully saturated rings. The molecule has 1 aromatic heterocycles. The van der Waals surface area contributed by atoms with Gasteiger partial charge in [-0.15, -0.1) is 11.3 Å². The Balaban J connectivity index is 2.89. The van der Waals surface area contributed by atoms with E-state index >= 15 is 0 Å². The minimum atomic E-state index is -0.896. The van der Waals surface area contributed by atoms with Crippen LogP contribution in [0.4, 0.5) is 0 Å². The number of hydrogen-bond acceptors (Lipinski definition) is 4. The van der Waals surface area contributed by atoms with Crippen LogP contribution >= 0.6 is 11.3 Å². The smallest absolute Gasteiger partial charge is 0.339 e.